The Bertz CT molecular complexity index is 641. The number of carbonyl (C=O) groups excluding carboxylic acids is 2. The Morgan fingerprint density at radius 2 is 2.04 bits per heavy atom. The van der Waals surface area contributed by atoms with Crippen LogP contribution >= 0.6 is 0 Å². The van der Waals surface area contributed by atoms with Gasteiger partial charge in [0.15, 0.2) is 0 Å². The molecule has 6 nitrogen and oxygen atoms in total. The van der Waals surface area contributed by atoms with Crippen molar-refractivity contribution < 1.29 is 14.3 Å². The molecule has 0 unspecified atom stereocenters. The molecule has 1 spiro atoms. The van der Waals surface area contributed by atoms with Crippen LogP contribution in [0.1, 0.15) is 27.2 Å². The van der Waals surface area contributed by atoms with E-state index in [9.17, 15) is 9.59 Å². The van der Waals surface area contributed by atoms with E-state index >= 15 is 0 Å². The summed E-state index contributed by atoms with van der Waals surface area (Å²) >= 11 is 0. The van der Waals surface area contributed by atoms with Crippen LogP contribution in [0.15, 0.2) is 12.2 Å². The molecule has 0 radical (unpaired) electrons. The monoisotopic (exact) mass is 361 g/mol. The maximum absolute atomic E-state index is 13.3. The number of carbonyl (C=O) groups is 2. The van der Waals surface area contributed by atoms with Gasteiger partial charge in [0.25, 0.3) is 0 Å². The van der Waals surface area contributed by atoms with Gasteiger partial charge in [-0.2, -0.15) is 0 Å². The molecule has 4 heterocycles. The predicted octanol–water partition coefficient (Wildman–Crippen LogP) is 0.979. The van der Waals surface area contributed by atoms with Crippen molar-refractivity contribution in [3.63, 3.8) is 0 Å². The van der Waals surface area contributed by atoms with Crippen molar-refractivity contribution in [2.24, 2.45) is 17.3 Å². The van der Waals surface area contributed by atoms with E-state index in [4.69, 9.17) is 4.74 Å². The standard InChI is InChI=1S/C20H31N3O3/c1-19(2,3)12-23-13-20-7-6-14(26-20)15(16(20)18(23)25)17(24)22-9-5-8-21(4)10-11-22/h6-7,14-16H,5,8-13H2,1-4H3/t14-,15+,16-,20-/m0/s1. The summed E-state index contributed by atoms with van der Waals surface area (Å²) in [6.07, 6.45) is 4.80. The topological polar surface area (TPSA) is 53.1 Å². The zero-order chi connectivity index (χ0) is 18.7. The van der Waals surface area contributed by atoms with Crippen molar-refractivity contribution in [3.05, 3.63) is 12.2 Å². The first-order valence-corrected chi connectivity index (χ1v) is 9.84. The summed E-state index contributed by atoms with van der Waals surface area (Å²) in [5, 5.41) is 0. The average Bonchev–Trinajstić information content (AvgIpc) is 3.10. The Morgan fingerprint density at radius 3 is 2.77 bits per heavy atom. The van der Waals surface area contributed by atoms with Gasteiger partial charge in [-0.25, -0.2) is 0 Å². The van der Waals surface area contributed by atoms with Crippen molar-refractivity contribution in [1.82, 2.24) is 14.7 Å². The lowest BCUT2D eigenvalue weighted by Gasteiger charge is -2.30. The molecule has 2 bridgehead atoms. The summed E-state index contributed by atoms with van der Waals surface area (Å²) in [6, 6.07) is 0. The van der Waals surface area contributed by atoms with Crippen LogP contribution in [-0.4, -0.2) is 84.5 Å². The molecule has 4 aliphatic heterocycles. The molecule has 4 atom stereocenters. The molecule has 144 valence electrons. The molecular weight excluding hydrogens is 330 g/mol. The number of likely N-dealkylation sites (tertiary alicyclic amines) is 1. The number of fused-ring (bicyclic) bond motifs is 1. The Balaban J connectivity index is 1.56. The second-order valence-electron chi connectivity index (χ2n) is 9.64. The number of amides is 2. The maximum Gasteiger partial charge on any atom is 0.230 e. The van der Waals surface area contributed by atoms with Crippen molar-refractivity contribution in [3.8, 4) is 0 Å². The molecule has 3 fully saturated rings. The lowest BCUT2D eigenvalue weighted by molar-refractivity contribution is -0.143. The molecule has 6 heteroatoms. The quantitative estimate of drug-likeness (QED) is 0.688. The summed E-state index contributed by atoms with van der Waals surface area (Å²) in [5.41, 5.74) is -0.558. The lowest BCUT2D eigenvalue weighted by atomic mass is 9.76. The minimum atomic E-state index is -0.587. The first-order valence-electron chi connectivity index (χ1n) is 9.84. The molecule has 26 heavy (non-hydrogen) atoms. The van der Waals surface area contributed by atoms with Crippen molar-refractivity contribution >= 4 is 11.8 Å². The third-order valence-corrected chi connectivity index (χ3v) is 6.16. The Morgan fingerprint density at radius 1 is 1.27 bits per heavy atom. The van der Waals surface area contributed by atoms with E-state index in [0.717, 1.165) is 32.6 Å². The first-order chi connectivity index (χ1) is 12.2. The molecule has 4 rings (SSSR count). The van der Waals surface area contributed by atoms with Crippen molar-refractivity contribution in [2.75, 3.05) is 46.3 Å². The van der Waals surface area contributed by atoms with E-state index in [1.165, 1.54) is 0 Å². The van der Waals surface area contributed by atoms with E-state index in [2.05, 4.69) is 32.7 Å². The van der Waals surface area contributed by atoms with Gasteiger partial charge in [0.2, 0.25) is 11.8 Å². The molecule has 2 amide bonds. The fourth-order valence-corrected chi connectivity index (χ4v) is 5.04. The van der Waals surface area contributed by atoms with E-state index in [1.54, 1.807) is 0 Å². The molecular formula is C20H31N3O3. The molecule has 0 N–H and O–H groups in total. The van der Waals surface area contributed by atoms with Gasteiger partial charge in [-0.15, -0.1) is 0 Å². The number of likely N-dealkylation sites (N-methyl/N-ethyl adjacent to an activating group) is 1. The molecule has 3 saturated heterocycles. The zero-order valence-electron chi connectivity index (χ0n) is 16.4. The largest absolute Gasteiger partial charge is 0.360 e. The first kappa shape index (κ1) is 18.0. The molecule has 0 aliphatic carbocycles. The Labute approximate surface area is 156 Å². The zero-order valence-corrected chi connectivity index (χ0v) is 16.4. The van der Waals surface area contributed by atoms with Crippen molar-refractivity contribution in [2.45, 2.75) is 38.9 Å². The maximum atomic E-state index is 13.3. The number of ether oxygens (including phenoxy) is 1. The van der Waals surface area contributed by atoms with Gasteiger partial charge in [-0.3, -0.25) is 9.59 Å². The van der Waals surface area contributed by atoms with Crippen LogP contribution in [0, 0.1) is 17.3 Å². The summed E-state index contributed by atoms with van der Waals surface area (Å²) in [7, 11) is 2.09. The summed E-state index contributed by atoms with van der Waals surface area (Å²) in [5.74, 6) is -0.515. The molecule has 0 aromatic carbocycles. The van der Waals surface area contributed by atoms with E-state index in [1.807, 2.05) is 22.0 Å². The molecule has 0 saturated carbocycles. The van der Waals surface area contributed by atoms with E-state index < -0.39 is 5.60 Å². The molecule has 0 aromatic heterocycles. The van der Waals surface area contributed by atoms with Gasteiger partial charge < -0.3 is 19.4 Å². The normalized spacial score (nSPS) is 37.4. The van der Waals surface area contributed by atoms with Gasteiger partial charge in [-0.1, -0.05) is 32.9 Å². The highest BCUT2D eigenvalue weighted by molar-refractivity contribution is 5.93. The third kappa shape index (κ3) is 2.87. The van der Waals surface area contributed by atoms with Crippen LogP contribution < -0.4 is 0 Å². The highest BCUT2D eigenvalue weighted by Gasteiger charge is 2.67. The van der Waals surface area contributed by atoms with Crippen LogP contribution in [-0.2, 0) is 14.3 Å². The summed E-state index contributed by atoms with van der Waals surface area (Å²) in [4.78, 5) is 32.7. The molecule has 4 aliphatic rings. The van der Waals surface area contributed by atoms with Gasteiger partial charge >= 0.3 is 0 Å². The minimum absolute atomic E-state index is 0.0293. The summed E-state index contributed by atoms with van der Waals surface area (Å²) < 4.78 is 6.24. The Hall–Kier alpha value is -1.40. The van der Waals surface area contributed by atoms with Gasteiger partial charge in [-0.05, 0) is 25.4 Å². The van der Waals surface area contributed by atoms with Gasteiger partial charge in [0.05, 0.1) is 24.5 Å². The van der Waals surface area contributed by atoms with Crippen LogP contribution in [0.5, 0.6) is 0 Å². The van der Waals surface area contributed by atoms with Crippen LogP contribution in [0.3, 0.4) is 0 Å². The number of hydrogen-bond acceptors (Lipinski definition) is 4. The predicted molar refractivity (Wildman–Crippen MR) is 98.5 cm³/mol. The third-order valence-electron chi connectivity index (χ3n) is 6.16. The Kier molecular flexibility index (Phi) is 4.19. The fraction of sp³-hybridized carbons (Fsp3) is 0.800. The number of hydrogen-bond donors (Lipinski definition) is 0. The highest BCUT2D eigenvalue weighted by atomic mass is 16.5. The van der Waals surface area contributed by atoms with Gasteiger partial charge in [0.1, 0.15) is 5.60 Å². The van der Waals surface area contributed by atoms with Crippen LogP contribution in [0.25, 0.3) is 0 Å². The van der Waals surface area contributed by atoms with Gasteiger partial charge in [0, 0.05) is 26.2 Å². The van der Waals surface area contributed by atoms with E-state index in [-0.39, 0.29) is 35.2 Å². The van der Waals surface area contributed by atoms with Crippen LogP contribution in [0.4, 0.5) is 0 Å². The second kappa shape index (κ2) is 6.06. The minimum Gasteiger partial charge on any atom is -0.360 e. The number of nitrogens with zero attached hydrogens (tertiary/aromatic N) is 3. The highest BCUT2D eigenvalue weighted by Crippen LogP contribution is 2.52. The van der Waals surface area contributed by atoms with Crippen LogP contribution in [0.2, 0.25) is 0 Å². The summed E-state index contributed by atoms with van der Waals surface area (Å²) in [6.45, 7) is 11.1. The fourth-order valence-electron chi connectivity index (χ4n) is 5.04. The lowest BCUT2D eigenvalue weighted by Crippen LogP contribution is -2.47. The average molecular weight is 361 g/mol. The van der Waals surface area contributed by atoms with Crippen molar-refractivity contribution in [1.29, 1.82) is 0 Å². The SMILES string of the molecule is CN1CCCN(C(=O)[C@@H]2[C@@H]3C=C[C@@]4(CN(CC(C)(C)C)C(=O)[C@H]24)O3)CC1. The molecule has 0 aromatic rings. The number of rotatable bonds is 2. The van der Waals surface area contributed by atoms with E-state index in [0.29, 0.717) is 13.1 Å². The smallest absolute Gasteiger partial charge is 0.230 e. The second-order valence-corrected chi connectivity index (χ2v) is 9.64.